The van der Waals surface area contributed by atoms with Crippen molar-refractivity contribution in [2.45, 2.75) is 44.9 Å². The van der Waals surface area contributed by atoms with Gasteiger partial charge in [0, 0.05) is 38.7 Å². The molecule has 4 atom stereocenters. The number of anilines is 1. The van der Waals surface area contributed by atoms with Crippen molar-refractivity contribution >= 4 is 50.1 Å². The van der Waals surface area contributed by atoms with Crippen LogP contribution in [0.3, 0.4) is 0 Å². The number of aromatic amines is 1. The lowest BCUT2D eigenvalue weighted by Crippen LogP contribution is -2.41. The Morgan fingerprint density at radius 3 is 2.75 bits per heavy atom. The second-order valence-electron chi connectivity index (χ2n) is 13.0. The minimum atomic E-state index is -1.13. The Bertz CT molecular complexity index is 2170. The molecule has 3 aromatic carbocycles. The molecule has 2 aromatic heterocycles. The number of benzene rings is 3. The maximum atomic E-state index is 14.3. The van der Waals surface area contributed by atoms with Crippen LogP contribution in [0.5, 0.6) is 11.5 Å². The van der Waals surface area contributed by atoms with Crippen molar-refractivity contribution in [2.75, 3.05) is 11.9 Å². The van der Waals surface area contributed by atoms with E-state index in [0.29, 0.717) is 28.6 Å². The molecule has 1 spiro atoms. The first-order valence-electron chi connectivity index (χ1n) is 15.9. The Morgan fingerprint density at radius 2 is 1.94 bits per heavy atom. The third-order valence-electron chi connectivity index (χ3n) is 9.66. The van der Waals surface area contributed by atoms with E-state index in [2.05, 4.69) is 36.9 Å². The number of H-pyrrole nitrogens is 1. The molecule has 2 amide bonds. The first kappa shape index (κ1) is 30.2. The molecule has 4 bridgehead atoms. The van der Waals surface area contributed by atoms with E-state index >= 15 is 0 Å². The van der Waals surface area contributed by atoms with Gasteiger partial charge in [0.15, 0.2) is 23.5 Å². The molecule has 5 N–H and O–H groups in total. The number of aromatic hydroxyl groups is 1. The van der Waals surface area contributed by atoms with Gasteiger partial charge in [-0.05, 0) is 52.0 Å². The van der Waals surface area contributed by atoms with Crippen LogP contribution in [-0.2, 0) is 16.6 Å². The molecular formula is C36H32BrN5O6. The third-order valence-corrected chi connectivity index (χ3v) is 10.3. The van der Waals surface area contributed by atoms with E-state index in [1.165, 1.54) is 12.3 Å². The summed E-state index contributed by atoms with van der Waals surface area (Å²) in [6.07, 6.45) is 1.33. The highest BCUT2D eigenvalue weighted by Gasteiger charge is 2.61. The number of aromatic nitrogens is 2. The number of nitrogens with one attached hydrogen (secondary N) is 4. The van der Waals surface area contributed by atoms with Gasteiger partial charge in [0.05, 0.1) is 17.7 Å². The summed E-state index contributed by atoms with van der Waals surface area (Å²) in [6.45, 7) is 5.45. The average Bonchev–Trinajstić information content (AvgIpc) is 3.83. The maximum Gasteiger partial charge on any atom is 0.273 e. The average molecular weight is 711 g/mol. The lowest BCUT2D eigenvalue weighted by Gasteiger charge is -2.28. The molecule has 5 heterocycles. The number of phenols is 1. The van der Waals surface area contributed by atoms with E-state index in [0.717, 1.165) is 26.9 Å². The Morgan fingerprint density at radius 1 is 1.12 bits per heavy atom. The summed E-state index contributed by atoms with van der Waals surface area (Å²) in [5.74, 6) is -0.529. The number of nitrogens with zero attached hydrogens (tertiary/aromatic N) is 1. The van der Waals surface area contributed by atoms with Gasteiger partial charge >= 0.3 is 0 Å². The molecule has 12 heteroatoms. The second-order valence-corrected chi connectivity index (χ2v) is 13.9. The van der Waals surface area contributed by atoms with E-state index in [1.54, 1.807) is 12.1 Å². The van der Waals surface area contributed by atoms with Crippen molar-refractivity contribution in [2.24, 2.45) is 11.8 Å². The van der Waals surface area contributed by atoms with Gasteiger partial charge in [0.25, 0.3) is 5.91 Å². The molecule has 2 unspecified atom stereocenters. The highest BCUT2D eigenvalue weighted by molar-refractivity contribution is 9.10. The number of amides is 2. The van der Waals surface area contributed by atoms with Gasteiger partial charge < -0.3 is 35.2 Å². The number of carbonyl (C=O) groups excluding carboxylic acids is 3. The van der Waals surface area contributed by atoms with E-state index < -0.39 is 23.6 Å². The van der Waals surface area contributed by atoms with Crippen molar-refractivity contribution in [1.29, 1.82) is 0 Å². The number of ether oxygens (including phenoxy) is 1. The standard InChI is InChI=1S/C36H32BrN5O6/c1-16(2)27-34-41-30(33(46)39-15-25(44)20-14-38-28-19(20)6-4-9-24(28)43)31(48-34)36-21-7-5-8-23(37)29(21)42-35(36)47-26-11-10-18(13-22(26)36)12-17(3)32(45)40-27/h4-11,13-14,16-17,27,35,38,42-43H,12,15H2,1-3H3,(H,39,46)(H,40,45)/t17-,27?,35-,36?/m0/s1. The predicted octanol–water partition coefficient (Wildman–Crippen LogP) is 5.72. The van der Waals surface area contributed by atoms with E-state index in [9.17, 15) is 19.5 Å². The normalized spacial score (nSPS) is 22.2. The predicted molar refractivity (Wildman–Crippen MR) is 180 cm³/mol. The molecule has 0 saturated carbocycles. The van der Waals surface area contributed by atoms with Gasteiger partial charge in [-0.2, -0.15) is 0 Å². The molecule has 3 aliphatic rings. The van der Waals surface area contributed by atoms with Gasteiger partial charge in [0.2, 0.25) is 11.8 Å². The van der Waals surface area contributed by atoms with Crippen LogP contribution in [0.2, 0.25) is 0 Å². The zero-order valence-electron chi connectivity index (χ0n) is 26.3. The van der Waals surface area contributed by atoms with Gasteiger partial charge in [-0.25, -0.2) is 4.98 Å². The number of fused-ring (bicyclic) bond motifs is 5. The van der Waals surface area contributed by atoms with Crippen LogP contribution in [0.1, 0.15) is 76.0 Å². The van der Waals surface area contributed by atoms with Gasteiger partial charge in [0.1, 0.15) is 23.0 Å². The quantitative estimate of drug-likeness (QED) is 0.145. The molecule has 0 aliphatic carbocycles. The smallest absolute Gasteiger partial charge is 0.273 e. The molecule has 5 aromatic rings. The number of halogens is 1. The number of hydrogen-bond acceptors (Lipinski definition) is 8. The highest BCUT2D eigenvalue weighted by Crippen LogP contribution is 2.59. The number of Topliss-reactive ketones (excluding diaryl/α,β-unsaturated/α-hetero) is 1. The number of carbonyl (C=O) groups is 3. The number of rotatable bonds is 5. The van der Waals surface area contributed by atoms with Crippen molar-refractivity contribution in [1.82, 2.24) is 20.6 Å². The van der Waals surface area contributed by atoms with E-state index in [-0.39, 0.29) is 53.2 Å². The van der Waals surface area contributed by atoms with Gasteiger partial charge in [-0.15, -0.1) is 0 Å². The number of ketones is 1. The maximum absolute atomic E-state index is 14.3. The van der Waals surface area contributed by atoms with Crippen LogP contribution in [0.4, 0.5) is 5.69 Å². The van der Waals surface area contributed by atoms with Crippen molar-refractivity contribution < 1.29 is 28.6 Å². The van der Waals surface area contributed by atoms with Crippen LogP contribution < -0.4 is 20.7 Å². The largest absolute Gasteiger partial charge is 0.506 e. The Labute approximate surface area is 283 Å². The fraction of sp³-hybridized carbons (Fsp3) is 0.278. The molecule has 0 fully saturated rings. The summed E-state index contributed by atoms with van der Waals surface area (Å²) < 4.78 is 14.1. The first-order valence-corrected chi connectivity index (χ1v) is 16.6. The van der Waals surface area contributed by atoms with Gasteiger partial charge in [-0.3, -0.25) is 14.4 Å². The molecule has 244 valence electrons. The minimum absolute atomic E-state index is 0.0111. The lowest BCUT2D eigenvalue weighted by molar-refractivity contribution is -0.125. The summed E-state index contributed by atoms with van der Waals surface area (Å²) in [4.78, 5) is 48.8. The van der Waals surface area contributed by atoms with Crippen LogP contribution in [0.25, 0.3) is 10.9 Å². The topological polar surface area (TPSA) is 159 Å². The highest BCUT2D eigenvalue weighted by atomic mass is 79.9. The first-order chi connectivity index (χ1) is 23.1. The fourth-order valence-electron chi connectivity index (χ4n) is 7.24. The molecule has 0 saturated heterocycles. The summed E-state index contributed by atoms with van der Waals surface area (Å²) in [5.41, 5.74) is 2.99. The Kier molecular flexibility index (Phi) is 6.92. The van der Waals surface area contributed by atoms with Crippen LogP contribution >= 0.6 is 15.9 Å². The summed E-state index contributed by atoms with van der Waals surface area (Å²) >= 11 is 3.68. The van der Waals surface area contributed by atoms with Crippen molar-refractivity contribution in [3.63, 3.8) is 0 Å². The van der Waals surface area contributed by atoms with Crippen molar-refractivity contribution in [3.8, 4) is 11.5 Å². The number of para-hydroxylation sites is 2. The number of phenolic OH excluding ortho intramolecular Hbond substituents is 1. The SMILES string of the molecule is CC(C)C1NC(=O)[C@@H](C)Cc2ccc3c(c2)C2(c4cccc(Br)c4N[C@H]2O3)c2oc1nc2C(=O)NCC(=O)c1c[nH]c2c(O)cccc12. The molecule has 11 nitrogen and oxygen atoms in total. The second kappa shape index (κ2) is 11.0. The molecule has 48 heavy (non-hydrogen) atoms. The number of hydrogen-bond donors (Lipinski definition) is 5. The third kappa shape index (κ3) is 4.38. The van der Waals surface area contributed by atoms with Crippen LogP contribution in [0, 0.1) is 11.8 Å². The fourth-order valence-corrected chi connectivity index (χ4v) is 7.73. The van der Waals surface area contributed by atoms with E-state index in [1.807, 2.05) is 57.2 Å². The van der Waals surface area contributed by atoms with Crippen LogP contribution in [0.15, 0.2) is 69.7 Å². The summed E-state index contributed by atoms with van der Waals surface area (Å²) in [6, 6.07) is 16.0. The van der Waals surface area contributed by atoms with Crippen LogP contribution in [-0.4, -0.2) is 45.4 Å². The van der Waals surface area contributed by atoms with E-state index in [4.69, 9.17) is 14.1 Å². The molecule has 8 rings (SSSR count). The molecule has 3 aliphatic heterocycles. The Hall–Kier alpha value is -5.10. The molecular weight excluding hydrogens is 678 g/mol. The lowest BCUT2D eigenvalue weighted by atomic mass is 9.72. The summed E-state index contributed by atoms with van der Waals surface area (Å²) in [5, 5.41) is 20.1. The Balaban J connectivity index is 1.29. The monoisotopic (exact) mass is 709 g/mol. The zero-order chi connectivity index (χ0) is 33.5. The van der Waals surface area contributed by atoms with Crippen molar-refractivity contribution in [3.05, 3.63) is 105 Å². The summed E-state index contributed by atoms with van der Waals surface area (Å²) in [7, 11) is 0. The van der Waals surface area contributed by atoms with Gasteiger partial charge in [-0.1, -0.05) is 57.2 Å². The minimum Gasteiger partial charge on any atom is -0.506 e. The number of oxazole rings is 1. The zero-order valence-corrected chi connectivity index (χ0v) is 27.9. The molecule has 0 radical (unpaired) electrons.